The Morgan fingerprint density at radius 3 is 2.56 bits per heavy atom. The van der Waals surface area contributed by atoms with Gasteiger partial charge in [0.05, 0.1) is 57.4 Å². The molecule has 3 aromatic carbocycles. The molecule has 1 unspecified atom stereocenters. The second-order valence-corrected chi connectivity index (χ2v) is 19.0. The van der Waals surface area contributed by atoms with E-state index in [1.807, 2.05) is 86.7 Å². The zero-order valence-electron chi connectivity index (χ0n) is 36.5. The maximum Gasteiger partial charge on any atom is 0.254 e. The van der Waals surface area contributed by atoms with E-state index in [2.05, 4.69) is 57.5 Å². The van der Waals surface area contributed by atoms with Crippen molar-refractivity contribution in [1.82, 2.24) is 30.1 Å². The summed E-state index contributed by atoms with van der Waals surface area (Å²) < 4.78 is 13.5. The van der Waals surface area contributed by atoms with E-state index in [1.165, 1.54) is 4.90 Å². The number of halogens is 1. The second kappa shape index (κ2) is 17.3. The molecule has 0 spiro atoms. The number of benzene rings is 3. The molecule has 9 rings (SSSR count). The number of anilines is 2. The van der Waals surface area contributed by atoms with E-state index in [9.17, 15) is 19.8 Å². The third-order valence-electron chi connectivity index (χ3n) is 12.6. The number of thiazole rings is 1. The van der Waals surface area contributed by atoms with Crippen LogP contribution in [0.3, 0.4) is 0 Å². The molecule has 14 nitrogen and oxygen atoms in total. The van der Waals surface area contributed by atoms with Crippen LogP contribution in [0.4, 0.5) is 11.4 Å². The number of aliphatic hydroxyl groups is 2. The summed E-state index contributed by atoms with van der Waals surface area (Å²) in [5.74, 6) is -0.216. The van der Waals surface area contributed by atoms with Gasteiger partial charge in [-0.15, -0.1) is 11.3 Å². The lowest BCUT2D eigenvalue weighted by Gasteiger charge is -2.33. The van der Waals surface area contributed by atoms with Crippen LogP contribution in [0.25, 0.3) is 21.6 Å². The zero-order chi connectivity index (χ0) is 45.0. The van der Waals surface area contributed by atoms with Crippen LogP contribution in [0, 0.1) is 12.8 Å². The molecule has 64 heavy (non-hydrogen) atoms. The predicted molar refractivity (Wildman–Crippen MR) is 246 cm³/mol. The number of carbonyl (C=O) groups excluding carboxylic acids is 2. The summed E-state index contributed by atoms with van der Waals surface area (Å²) in [7, 11) is 0. The van der Waals surface area contributed by atoms with Crippen molar-refractivity contribution in [2.75, 3.05) is 18.1 Å². The number of β-amino-alcohol motifs (C(OH)–C–C–N with tert-alkyl or cyclic N) is 1. The number of aromatic nitrogens is 4. The van der Waals surface area contributed by atoms with E-state index in [0.717, 1.165) is 55.6 Å². The van der Waals surface area contributed by atoms with Crippen molar-refractivity contribution in [3.63, 3.8) is 0 Å². The molecule has 0 bridgehead atoms. The first-order valence-electron chi connectivity index (χ1n) is 21.6. The number of nitrogens with one attached hydrogen (secondary N) is 1. The number of aryl methyl sites for hydroxylation is 2. The van der Waals surface area contributed by atoms with Gasteiger partial charge in [0, 0.05) is 54.7 Å². The monoisotopic (exact) mass is 902 g/mol. The normalized spacial score (nSPS) is 19.5. The van der Waals surface area contributed by atoms with Crippen LogP contribution in [-0.2, 0) is 21.5 Å². The van der Waals surface area contributed by atoms with Gasteiger partial charge in [-0.1, -0.05) is 67.9 Å². The van der Waals surface area contributed by atoms with E-state index in [-0.39, 0.29) is 42.6 Å². The largest absolute Gasteiger partial charge is 0.475 e. The SMILES string of the molecule is Cc1ncsc1-c1ccc([C@H](C)NC(=O)[C@@H]2C[C@@H](O)CN2C(=O)[C@@H](c2cc(OCCCn3cc(-c4ccc5c(c4)N4C(=NC(O)c6c(Cl)cccc64)C5(C)C)cn3)no2)C(C)C)cc1. The summed E-state index contributed by atoms with van der Waals surface area (Å²) in [5.41, 5.74) is 9.81. The average molecular weight is 904 g/mol. The van der Waals surface area contributed by atoms with Gasteiger partial charge in [-0.05, 0) is 79.2 Å². The van der Waals surface area contributed by atoms with Gasteiger partial charge in [0.2, 0.25) is 11.8 Å². The molecule has 1 fully saturated rings. The van der Waals surface area contributed by atoms with E-state index < -0.39 is 29.7 Å². The molecule has 0 saturated carbocycles. The fraction of sp³-hybridized carbons (Fsp3) is 0.375. The molecule has 3 aliphatic rings. The Hall–Kier alpha value is -5.87. The lowest BCUT2D eigenvalue weighted by atomic mass is 9.85. The second-order valence-electron chi connectivity index (χ2n) is 17.7. The zero-order valence-corrected chi connectivity index (χ0v) is 38.1. The number of aliphatic hydroxyl groups excluding tert-OH is 2. The molecule has 0 aliphatic carbocycles. The number of carbonyl (C=O) groups is 2. The number of amidine groups is 1. The number of fused-ring (bicyclic) bond motifs is 5. The van der Waals surface area contributed by atoms with Crippen molar-refractivity contribution >= 4 is 52.0 Å². The number of ether oxygens (including phenoxy) is 1. The van der Waals surface area contributed by atoms with Crippen LogP contribution in [-0.4, -0.2) is 78.0 Å². The van der Waals surface area contributed by atoms with E-state index in [4.69, 9.17) is 25.9 Å². The van der Waals surface area contributed by atoms with Crippen molar-refractivity contribution in [2.45, 2.75) is 96.7 Å². The van der Waals surface area contributed by atoms with E-state index in [0.29, 0.717) is 35.9 Å². The first kappa shape index (κ1) is 43.4. The van der Waals surface area contributed by atoms with Gasteiger partial charge in [0.15, 0.2) is 12.0 Å². The molecular weight excluding hydrogens is 852 g/mol. The summed E-state index contributed by atoms with van der Waals surface area (Å²) in [6.07, 6.45) is 2.73. The quantitative estimate of drug-likeness (QED) is 0.0955. The van der Waals surface area contributed by atoms with E-state index >= 15 is 0 Å². The van der Waals surface area contributed by atoms with Crippen molar-refractivity contribution in [3.05, 3.63) is 118 Å². The van der Waals surface area contributed by atoms with Gasteiger partial charge >= 0.3 is 0 Å². The topological polar surface area (TPSA) is 171 Å². The molecule has 5 atom stereocenters. The summed E-state index contributed by atoms with van der Waals surface area (Å²) in [6.45, 7) is 12.9. The number of aliphatic imine (C=N–C) groups is 1. The molecule has 3 aromatic heterocycles. The summed E-state index contributed by atoms with van der Waals surface area (Å²) in [5, 5.41) is 33.9. The number of nitrogens with zero attached hydrogens (tertiary/aromatic N) is 7. The van der Waals surface area contributed by atoms with Gasteiger partial charge < -0.3 is 29.7 Å². The molecule has 6 heterocycles. The number of likely N-dealkylation sites (tertiary alicyclic amines) is 1. The Bertz CT molecular complexity index is 2740. The molecular formula is C48H51ClN8O6S. The fourth-order valence-corrected chi connectivity index (χ4v) is 10.3. The van der Waals surface area contributed by atoms with Gasteiger partial charge in [0.1, 0.15) is 17.8 Å². The third kappa shape index (κ3) is 7.99. The maximum absolute atomic E-state index is 14.2. The summed E-state index contributed by atoms with van der Waals surface area (Å²) >= 11 is 8.13. The lowest BCUT2D eigenvalue weighted by molar-refractivity contribution is -0.141. The van der Waals surface area contributed by atoms with Crippen LogP contribution < -0.4 is 15.0 Å². The van der Waals surface area contributed by atoms with Crippen molar-refractivity contribution in [3.8, 4) is 27.4 Å². The van der Waals surface area contributed by atoms with Crippen molar-refractivity contribution in [2.24, 2.45) is 10.9 Å². The van der Waals surface area contributed by atoms with Gasteiger partial charge in [-0.3, -0.25) is 19.2 Å². The number of hydrogen-bond donors (Lipinski definition) is 3. The highest BCUT2D eigenvalue weighted by Crippen LogP contribution is 2.52. The number of amides is 2. The Morgan fingerprint density at radius 2 is 1.81 bits per heavy atom. The first-order chi connectivity index (χ1) is 30.7. The van der Waals surface area contributed by atoms with Crippen LogP contribution in [0.5, 0.6) is 5.88 Å². The minimum absolute atomic E-state index is 0.0394. The molecule has 16 heteroatoms. The summed E-state index contributed by atoms with van der Waals surface area (Å²) in [4.78, 5) is 41.6. The molecule has 3 aliphatic heterocycles. The maximum atomic E-state index is 14.2. The fourth-order valence-electron chi connectivity index (χ4n) is 9.20. The average Bonchev–Trinajstić information content (AvgIpc) is 4.12. The van der Waals surface area contributed by atoms with Crippen LogP contribution in [0.2, 0.25) is 5.02 Å². The highest BCUT2D eigenvalue weighted by atomic mass is 35.5. The Labute approximate surface area is 380 Å². The van der Waals surface area contributed by atoms with Crippen LogP contribution in [0.15, 0.2) is 94.1 Å². The first-order valence-corrected chi connectivity index (χ1v) is 22.9. The lowest BCUT2D eigenvalue weighted by Crippen LogP contribution is -2.48. The van der Waals surface area contributed by atoms with Gasteiger partial charge in [0.25, 0.3) is 5.88 Å². The minimum atomic E-state index is -1.03. The predicted octanol–water partition coefficient (Wildman–Crippen LogP) is 8.50. The number of rotatable bonds is 13. The molecule has 3 N–H and O–H groups in total. The van der Waals surface area contributed by atoms with Gasteiger partial charge in [-0.2, -0.15) is 5.10 Å². The molecule has 2 amide bonds. The third-order valence-corrected chi connectivity index (χ3v) is 13.9. The standard InChI is InChI=1S/C48H51ClN8O6S/c1-26(2)41(46(61)56-24-33(58)20-38(56)44(59)52-27(3)29-11-13-30(14-12-29)43-28(4)50-25-64-43)39-21-40(54-63-39)62-18-8-17-55-23-32(22-51-55)31-15-16-34-37(19-31)57-36-10-7-9-35(49)42(36)45(60)53-47(57)48(34,5)6/h7,9-16,19,21-23,25-27,33,38,41,45,58,60H,8,17-18,20,24H2,1-6H3,(H,52,59)/t27-,33+,38-,41+,45?/m0/s1. The van der Waals surface area contributed by atoms with Crippen molar-refractivity contribution in [1.29, 1.82) is 0 Å². The highest BCUT2D eigenvalue weighted by molar-refractivity contribution is 7.13. The highest BCUT2D eigenvalue weighted by Gasteiger charge is 2.47. The molecule has 332 valence electrons. The molecule has 1 saturated heterocycles. The van der Waals surface area contributed by atoms with E-state index in [1.54, 1.807) is 23.5 Å². The van der Waals surface area contributed by atoms with Gasteiger partial charge in [-0.25, -0.2) is 9.98 Å². The van der Waals surface area contributed by atoms with Crippen molar-refractivity contribution < 1.29 is 29.1 Å². The summed E-state index contributed by atoms with van der Waals surface area (Å²) in [6, 6.07) is 20.5. The molecule has 6 aromatic rings. The van der Waals surface area contributed by atoms with Crippen LogP contribution >= 0.6 is 22.9 Å². The smallest absolute Gasteiger partial charge is 0.254 e. The Kier molecular flexibility index (Phi) is 11.7. The molecule has 0 radical (unpaired) electrons. The Morgan fingerprint density at radius 1 is 1.03 bits per heavy atom. The number of hydrogen-bond acceptors (Lipinski definition) is 12. The Balaban J connectivity index is 0.809. The van der Waals surface area contributed by atoms with Crippen LogP contribution in [0.1, 0.15) is 93.8 Å². The minimum Gasteiger partial charge on any atom is -0.475 e.